The third-order valence-electron chi connectivity index (χ3n) is 2.58. The zero-order chi connectivity index (χ0) is 12.7. The molecule has 17 heavy (non-hydrogen) atoms. The van der Waals surface area contributed by atoms with Gasteiger partial charge >= 0.3 is 5.97 Å². The molecule has 0 spiro atoms. The van der Waals surface area contributed by atoms with Crippen molar-refractivity contribution >= 4 is 23.4 Å². The van der Waals surface area contributed by atoms with E-state index in [1.165, 1.54) is 0 Å². The first-order valence-electron chi connectivity index (χ1n) is 5.81. The van der Waals surface area contributed by atoms with Crippen molar-refractivity contribution in [2.45, 2.75) is 37.1 Å². The van der Waals surface area contributed by atoms with Gasteiger partial charge < -0.3 is 10.4 Å². The number of hydrogen-bond donors (Lipinski definition) is 2. The van der Waals surface area contributed by atoms with E-state index >= 15 is 0 Å². The van der Waals surface area contributed by atoms with Gasteiger partial charge in [0.1, 0.15) is 6.04 Å². The maximum atomic E-state index is 11.1. The predicted molar refractivity (Wildman–Crippen MR) is 72.8 cm³/mol. The number of carboxylic acid groups (broad SMARTS) is 1. The van der Waals surface area contributed by atoms with Crippen LogP contribution in [0.3, 0.4) is 0 Å². The number of aliphatic carboxylic acids is 1. The van der Waals surface area contributed by atoms with Gasteiger partial charge in [0.05, 0.1) is 0 Å². The lowest BCUT2D eigenvalue weighted by Crippen LogP contribution is -2.29. The molecule has 0 amide bonds. The highest BCUT2D eigenvalue weighted by Gasteiger charge is 2.17. The molecule has 1 aromatic rings. The fraction of sp³-hybridized carbons (Fsp3) is 0.462. The van der Waals surface area contributed by atoms with Crippen LogP contribution < -0.4 is 5.32 Å². The lowest BCUT2D eigenvalue weighted by molar-refractivity contribution is -0.138. The second-order valence-corrected chi connectivity index (χ2v) is 4.73. The number of thioether (sulfide) groups is 1. The number of unbranched alkanes of at least 4 members (excludes halogenated alkanes) is 1. The molecule has 0 aliphatic carbocycles. The summed E-state index contributed by atoms with van der Waals surface area (Å²) >= 11 is 1.62. The molecule has 1 rings (SSSR count). The van der Waals surface area contributed by atoms with Crippen molar-refractivity contribution < 1.29 is 9.90 Å². The highest BCUT2D eigenvalue weighted by molar-refractivity contribution is 7.98. The van der Waals surface area contributed by atoms with Gasteiger partial charge in [-0.2, -0.15) is 0 Å². The van der Waals surface area contributed by atoms with E-state index in [9.17, 15) is 4.79 Å². The molecular weight excluding hydrogens is 234 g/mol. The summed E-state index contributed by atoms with van der Waals surface area (Å²) in [6, 6.07) is 7.29. The van der Waals surface area contributed by atoms with Gasteiger partial charge in [0, 0.05) is 10.6 Å². The van der Waals surface area contributed by atoms with Gasteiger partial charge in [-0.1, -0.05) is 31.9 Å². The second-order valence-electron chi connectivity index (χ2n) is 3.88. The van der Waals surface area contributed by atoms with Crippen molar-refractivity contribution in [1.82, 2.24) is 0 Å². The molecule has 0 heterocycles. The van der Waals surface area contributed by atoms with E-state index in [1.54, 1.807) is 11.8 Å². The van der Waals surface area contributed by atoms with Crippen molar-refractivity contribution in [3.05, 3.63) is 24.3 Å². The molecule has 2 N–H and O–H groups in total. The summed E-state index contributed by atoms with van der Waals surface area (Å²) in [5.74, 6) is -0.783. The van der Waals surface area contributed by atoms with Gasteiger partial charge in [-0.15, -0.1) is 11.8 Å². The molecule has 1 unspecified atom stereocenters. The standard InChI is InChI=1S/C13H19NO2S/c1-3-4-7-11(13(15)16)14-10-8-5-6-9-12(10)17-2/h5-6,8-9,11,14H,3-4,7H2,1-2H3,(H,15,16). The van der Waals surface area contributed by atoms with Crippen LogP contribution in [-0.4, -0.2) is 23.4 Å². The average Bonchev–Trinajstić information content (AvgIpc) is 2.34. The van der Waals surface area contributed by atoms with E-state index in [1.807, 2.05) is 30.5 Å². The third-order valence-corrected chi connectivity index (χ3v) is 3.38. The summed E-state index contributed by atoms with van der Waals surface area (Å²) in [6.45, 7) is 2.06. The van der Waals surface area contributed by atoms with Crippen molar-refractivity contribution in [3.8, 4) is 0 Å². The first-order chi connectivity index (χ1) is 8.19. The maximum Gasteiger partial charge on any atom is 0.326 e. The molecule has 1 atom stereocenters. The van der Waals surface area contributed by atoms with Crippen molar-refractivity contribution in [2.24, 2.45) is 0 Å². The number of benzene rings is 1. The minimum atomic E-state index is -0.783. The first kappa shape index (κ1) is 13.9. The highest BCUT2D eigenvalue weighted by atomic mass is 32.2. The number of carbonyl (C=O) groups is 1. The number of carboxylic acids is 1. The highest BCUT2D eigenvalue weighted by Crippen LogP contribution is 2.25. The van der Waals surface area contributed by atoms with Crippen molar-refractivity contribution in [1.29, 1.82) is 0 Å². The molecule has 1 aromatic carbocycles. The van der Waals surface area contributed by atoms with Crippen LogP contribution in [-0.2, 0) is 4.79 Å². The van der Waals surface area contributed by atoms with Gasteiger partial charge in [0.25, 0.3) is 0 Å². The molecule has 0 radical (unpaired) electrons. The number of anilines is 1. The molecule has 3 nitrogen and oxygen atoms in total. The monoisotopic (exact) mass is 253 g/mol. The van der Waals surface area contributed by atoms with Gasteiger partial charge in [-0.25, -0.2) is 4.79 Å². The Hall–Kier alpha value is -1.16. The molecular formula is C13H19NO2S. The Bertz CT molecular complexity index is 368. The number of para-hydroxylation sites is 1. The van der Waals surface area contributed by atoms with Crippen molar-refractivity contribution in [2.75, 3.05) is 11.6 Å². The Morgan fingerprint density at radius 3 is 2.76 bits per heavy atom. The molecule has 4 heteroatoms. The van der Waals surface area contributed by atoms with E-state index in [0.717, 1.165) is 23.4 Å². The quantitative estimate of drug-likeness (QED) is 0.731. The Balaban J connectivity index is 2.74. The van der Waals surface area contributed by atoms with E-state index in [2.05, 4.69) is 12.2 Å². The Kier molecular flexibility index (Phi) is 5.91. The van der Waals surface area contributed by atoms with Gasteiger partial charge in [0.15, 0.2) is 0 Å². The number of hydrogen-bond acceptors (Lipinski definition) is 3. The summed E-state index contributed by atoms with van der Waals surface area (Å²) in [6.07, 6.45) is 4.58. The minimum absolute atomic E-state index is 0.497. The van der Waals surface area contributed by atoms with Gasteiger partial charge in [-0.05, 0) is 24.8 Å². The Morgan fingerprint density at radius 2 is 2.18 bits per heavy atom. The van der Waals surface area contributed by atoms with Gasteiger partial charge in [0.2, 0.25) is 0 Å². The van der Waals surface area contributed by atoms with Crippen LogP contribution in [0.2, 0.25) is 0 Å². The Labute approximate surface area is 107 Å². The minimum Gasteiger partial charge on any atom is -0.480 e. The summed E-state index contributed by atoms with van der Waals surface area (Å²) in [7, 11) is 0. The number of nitrogens with one attached hydrogen (secondary N) is 1. The average molecular weight is 253 g/mol. The zero-order valence-corrected chi connectivity index (χ0v) is 11.1. The zero-order valence-electron chi connectivity index (χ0n) is 10.3. The molecule has 0 saturated heterocycles. The first-order valence-corrected chi connectivity index (χ1v) is 7.03. The molecule has 0 aromatic heterocycles. The summed E-state index contributed by atoms with van der Waals surface area (Å²) in [5.41, 5.74) is 0.906. The second kappa shape index (κ2) is 7.22. The van der Waals surface area contributed by atoms with Crippen LogP contribution in [0, 0.1) is 0 Å². The number of rotatable bonds is 7. The van der Waals surface area contributed by atoms with Crippen LogP contribution >= 0.6 is 11.8 Å². The molecule has 0 saturated carbocycles. The van der Waals surface area contributed by atoms with E-state index in [0.29, 0.717) is 6.42 Å². The predicted octanol–water partition coefficient (Wildman–Crippen LogP) is 3.46. The van der Waals surface area contributed by atoms with Crippen molar-refractivity contribution in [3.63, 3.8) is 0 Å². The molecule has 94 valence electrons. The lowest BCUT2D eigenvalue weighted by atomic mass is 10.1. The maximum absolute atomic E-state index is 11.1. The van der Waals surface area contributed by atoms with Gasteiger partial charge in [-0.3, -0.25) is 0 Å². The third kappa shape index (κ3) is 4.30. The Morgan fingerprint density at radius 1 is 1.47 bits per heavy atom. The SMILES string of the molecule is CCCCC(Nc1ccccc1SC)C(=O)O. The van der Waals surface area contributed by atoms with E-state index in [-0.39, 0.29) is 0 Å². The van der Waals surface area contributed by atoms with Crippen LogP contribution in [0.1, 0.15) is 26.2 Å². The van der Waals surface area contributed by atoms with Crippen LogP contribution in [0.25, 0.3) is 0 Å². The summed E-state index contributed by atoms with van der Waals surface area (Å²) < 4.78 is 0. The molecule has 0 bridgehead atoms. The molecule has 0 aliphatic rings. The largest absolute Gasteiger partial charge is 0.480 e. The normalized spacial score (nSPS) is 12.1. The summed E-state index contributed by atoms with van der Waals surface area (Å²) in [5, 5.41) is 12.3. The fourth-order valence-electron chi connectivity index (χ4n) is 1.62. The molecule has 0 aliphatic heterocycles. The van der Waals surface area contributed by atoms with Crippen LogP contribution in [0.4, 0.5) is 5.69 Å². The van der Waals surface area contributed by atoms with E-state index in [4.69, 9.17) is 5.11 Å². The fourth-order valence-corrected chi connectivity index (χ4v) is 2.18. The lowest BCUT2D eigenvalue weighted by Gasteiger charge is -2.17. The van der Waals surface area contributed by atoms with E-state index < -0.39 is 12.0 Å². The molecule has 0 fully saturated rings. The summed E-state index contributed by atoms with van der Waals surface area (Å²) in [4.78, 5) is 12.2. The smallest absolute Gasteiger partial charge is 0.326 e. The van der Waals surface area contributed by atoms with Crippen LogP contribution in [0.5, 0.6) is 0 Å². The van der Waals surface area contributed by atoms with Crippen LogP contribution in [0.15, 0.2) is 29.2 Å². The topological polar surface area (TPSA) is 49.3 Å².